The summed E-state index contributed by atoms with van der Waals surface area (Å²) in [4.78, 5) is 27.9. The summed E-state index contributed by atoms with van der Waals surface area (Å²) in [6.07, 6.45) is 4.18. The fourth-order valence-corrected chi connectivity index (χ4v) is 4.67. The molecule has 0 radical (unpaired) electrons. The zero-order valence-corrected chi connectivity index (χ0v) is 20.6. The maximum atomic E-state index is 13.4. The van der Waals surface area contributed by atoms with Crippen molar-refractivity contribution in [3.05, 3.63) is 76.3 Å². The van der Waals surface area contributed by atoms with Gasteiger partial charge in [0.05, 0.1) is 10.0 Å². The molecular formula is C27H28Cl2N2O3. The molecule has 4 rings (SSSR count). The van der Waals surface area contributed by atoms with Crippen LogP contribution in [0, 0.1) is 0 Å². The van der Waals surface area contributed by atoms with Gasteiger partial charge < -0.3 is 15.0 Å². The first-order valence-corrected chi connectivity index (χ1v) is 12.3. The molecule has 0 aliphatic heterocycles. The normalized spacial score (nSPS) is 14.7. The third-order valence-corrected chi connectivity index (χ3v) is 7.05. The van der Waals surface area contributed by atoms with Gasteiger partial charge in [-0.15, -0.1) is 0 Å². The Kier molecular flexibility index (Phi) is 7.96. The Morgan fingerprint density at radius 1 is 1.03 bits per heavy atom. The number of hydrogen-bond donors (Lipinski definition) is 1. The van der Waals surface area contributed by atoms with Gasteiger partial charge in [-0.05, 0) is 48.9 Å². The van der Waals surface area contributed by atoms with Crippen LogP contribution in [0.5, 0.6) is 5.75 Å². The zero-order valence-electron chi connectivity index (χ0n) is 19.1. The summed E-state index contributed by atoms with van der Waals surface area (Å²) in [5, 5.41) is 5.90. The van der Waals surface area contributed by atoms with Crippen molar-refractivity contribution in [2.24, 2.45) is 0 Å². The Labute approximate surface area is 210 Å². The van der Waals surface area contributed by atoms with Crippen LogP contribution in [-0.2, 0) is 16.1 Å². The van der Waals surface area contributed by atoms with Crippen LogP contribution < -0.4 is 10.1 Å². The van der Waals surface area contributed by atoms with Gasteiger partial charge in [0.2, 0.25) is 5.91 Å². The van der Waals surface area contributed by atoms with Crippen molar-refractivity contribution < 1.29 is 14.3 Å². The molecule has 1 unspecified atom stereocenters. The van der Waals surface area contributed by atoms with E-state index in [1.807, 2.05) is 48.5 Å². The van der Waals surface area contributed by atoms with Gasteiger partial charge in [-0.25, -0.2) is 0 Å². The molecule has 1 aliphatic rings. The highest BCUT2D eigenvalue weighted by Gasteiger charge is 2.29. The molecule has 178 valence electrons. The Morgan fingerprint density at radius 3 is 2.53 bits per heavy atom. The fraction of sp³-hybridized carbons (Fsp3) is 0.333. The summed E-state index contributed by atoms with van der Waals surface area (Å²) in [6.45, 7) is 1.78. The smallest absolute Gasteiger partial charge is 0.261 e. The van der Waals surface area contributed by atoms with Crippen molar-refractivity contribution in [2.75, 3.05) is 6.61 Å². The first kappa shape index (κ1) is 24.4. The minimum Gasteiger partial charge on any atom is -0.483 e. The molecule has 1 aliphatic carbocycles. The lowest BCUT2D eigenvalue weighted by molar-refractivity contribution is -0.142. The molecule has 2 amide bonds. The van der Waals surface area contributed by atoms with Crippen molar-refractivity contribution >= 4 is 45.8 Å². The summed E-state index contributed by atoms with van der Waals surface area (Å²) in [5.74, 6) is 0.183. The van der Waals surface area contributed by atoms with Crippen LogP contribution in [0.3, 0.4) is 0 Å². The number of amides is 2. The van der Waals surface area contributed by atoms with Crippen LogP contribution in [0.4, 0.5) is 0 Å². The van der Waals surface area contributed by atoms with Crippen molar-refractivity contribution in [2.45, 2.75) is 51.2 Å². The summed E-state index contributed by atoms with van der Waals surface area (Å²) in [7, 11) is 0. The number of carbonyl (C=O) groups is 2. The standard InChI is InChI=1S/C27H28Cl2N2O3/c1-18(27(33)30-21-9-3-4-10-21)31(16-19-13-14-23(28)24(29)15-19)26(32)17-34-25-12-6-8-20-7-2-5-11-22(20)25/h2,5-8,11-15,18,21H,3-4,9-10,16-17H2,1H3,(H,30,33). The second kappa shape index (κ2) is 11.1. The number of halogens is 2. The lowest BCUT2D eigenvalue weighted by Crippen LogP contribution is -2.50. The lowest BCUT2D eigenvalue weighted by atomic mass is 10.1. The van der Waals surface area contributed by atoms with E-state index in [2.05, 4.69) is 5.32 Å². The van der Waals surface area contributed by atoms with Gasteiger partial charge in [-0.2, -0.15) is 0 Å². The van der Waals surface area contributed by atoms with Gasteiger partial charge >= 0.3 is 0 Å². The quantitative estimate of drug-likeness (QED) is 0.414. The van der Waals surface area contributed by atoms with E-state index in [0.29, 0.717) is 15.8 Å². The average molecular weight is 499 g/mol. The molecule has 1 saturated carbocycles. The molecule has 3 aromatic carbocycles. The first-order chi connectivity index (χ1) is 16.4. The number of carbonyl (C=O) groups excluding carboxylic acids is 2. The SMILES string of the molecule is CC(C(=O)NC1CCCC1)N(Cc1ccc(Cl)c(Cl)c1)C(=O)COc1cccc2ccccc12. The highest BCUT2D eigenvalue weighted by molar-refractivity contribution is 6.42. The van der Waals surface area contributed by atoms with Crippen molar-refractivity contribution in [3.63, 3.8) is 0 Å². The molecule has 1 N–H and O–H groups in total. The summed E-state index contributed by atoms with van der Waals surface area (Å²) < 4.78 is 5.94. The molecular weight excluding hydrogens is 471 g/mol. The highest BCUT2D eigenvalue weighted by atomic mass is 35.5. The van der Waals surface area contributed by atoms with Crippen molar-refractivity contribution in [1.29, 1.82) is 0 Å². The Morgan fingerprint density at radius 2 is 1.76 bits per heavy atom. The molecule has 1 fully saturated rings. The Hall–Kier alpha value is -2.76. The van der Waals surface area contributed by atoms with E-state index in [9.17, 15) is 9.59 Å². The topological polar surface area (TPSA) is 58.6 Å². The Bertz CT molecular complexity index is 1170. The minimum atomic E-state index is -0.668. The molecule has 0 spiro atoms. The van der Waals surface area contributed by atoms with E-state index < -0.39 is 6.04 Å². The summed E-state index contributed by atoms with van der Waals surface area (Å²) in [6, 6.07) is 18.3. The summed E-state index contributed by atoms with van der Waals surface area (Å²) in [5.41, 5.74) is 0.786. The third-order valence-electron chi connectivity index (χ3n) is 6.31. The molecule has 34 heavy (non-hydrogen) atoms. The van der Waals surface area contributed by atoms with Gasteiger partial charge in [0.1, 0.15) is 11.8 Å². The maximum Gasteiger partial charge on any atom is 0.261 e. The summed E-state index contributed by atoms with van der Waals surface area (Å²) >= 11 is 12.2. The highest BCUT2D eigenvalue weighted by Crippen LogP contribution is 2.26. The number of benzene rings is 3. The van der Waals surface area contributed by atoms with E-state index in [1.165, 1.54) is 4.90 Å². The second-order valence-electron chi connectivity index (χ2n) is 8.70. The predicted molar refractivity (Wildman–Crippen MR) is 136 cm³/mol. The number of rotatable bonds is 8. The number of nitrogens with zero attached hydrogens (tertiary/aromatic N) is 1. The second-order valence-corrected chi connectivity index (χ2v) is 9.52. The van der Waals surface area contributed by atoms with Crippen LogP contribution in [-0.4, -0.2) is 35.4 Å². The number of nitrogens with one attached hydrogen (secondary N) is 1. The zero-order chi connectivity index (χ0) is 24.1. The van der Waals surface area contributed by atoms with Gasteiger partial charge in [0.15, 0.2) is 6.61 Å². The largest absolute Gasteiger partial charge is 0.483 e. The van der Waals surface area contributed by atoms with E-state index in [1.54, 1.807) is 19.1 Å². The average Bonchev–Trinajstić information content (AvgIpc) is 3.35. The molecule has 7 heteroatoms. The predicted octanol–water partition coefficient (Wildman–Crippen LogP) is 6.00. The fourth-order valence-electron chi connectivity index (χ4n) is 4.35. The van der Waals surface area contributed by atoms with E-state index in [0.717, 1.165) is 42.0 Å². The van der Waals surface area contributed by atoms with Crippen LogP contribution in [0.2, 0.25) is 10.0 Å². The molecule has 0 bridgehead atoms. The number of ether oxygens (including phenoxy) is 1. The molecule has 0 heterocycles. The van der Waals surface area contributed by atoms with Crippen LogP contribution in [0.15, 0.2) is 60.7 Å². The molecule has 0 aromatic heterocycles. The van der Waals surface area contributed by atoms with Gasteiger partial charge in [0.25, 0.3) is 5.91 Å². The van der Waals surface area contributed by atoms with E-state index >= 15 is 0 Å². The van der Waals surface area contributed by atoms with Crippen LogP contribution in [0.1, 0.15) is 38.2 Å². The van der Waals surface area contributed by atoms with Gasteiger partial charge in [0, 0.05) is 18.0 Å². The lowest BCUT2D eigenvalue weighted by Gasteiger charge is -2.30. The molecule has 3 aromatic rings. The van der Waals surface area contributed by atoms with Crippen molar-refractivity contribution in [1.82, 2.24) is 10.2 Å². The molecule has 0 saturated heterocycles. The van der Waals surface area contributed by atoms with Gasteiger partial charge in [-0.1, -0.05) is 78.5 Å². The van der Waals surface area contributed by atoms with E-state index in [-0.39, 0.29) is 31.0 Å². The van der Waals surface area contributed by atoms with Gasteiger partial charge in [-0.3, -0.25) is 9.59 Å². The minimum absolute atomic E-state index is 0.162. The van der Waals surface area contributed by atoms with Crippen LogP contribution in [0.25, 0.3) is 10.8 Å². The van der Waals surface area contributed by atoms with Crippen LogP contribution >= 0.6 is 23.2 Å². The number of hydrogen-bond acceptors (Lipinski definition) is 3. The third kappa shape index (κ3) is 5.83. The van der Waals surface area contributed by atoms with Crippen molar-refractivity contribution in [3.8, 4) is 5.75 Å². The first-order valence-electron chi connectivity index (χ1n) is 11.6. The number of fused-ring (bicyclic) bond motifs is 1. The Balaban J connectivity index is 1.52. The monoisotopic (exact) mass is 498 g/mol. The maximum absolute atomic E-state index is 13.4. The molecule has 5 nitrogen and oxygen atoms in total. The molecule has 1 atom stereocenters. The van der Waals surface area contributed by atoms with E-state index in [4.69, 9.17) is 27.9 Å².